The highest BCUT2D eigenvalue weighted by atomic mass is 19.1. The second kappa shape index (κ2) is 8.84. The van der Waals surface area contributed by atoms with Gasteiger partial charge < -0.3 is 20.1 Å². The number of fused-ring (bicyclic) bond motifs is 1. The fourth-order valence-electron chi connectivity index (χ4n) is 3.49. The van der Waals surface area contributed by atoms with Gasteiger partial charge in [-0.2, -0.15) is 0 Å². The number of nitrogens with zero attached hydrogens (tertiary/aromatic N) is 1. The Morgan fingerprint density at radius 1 is 1.21 bits per heavy atom. The Hall–Kier alpha value is -2.93. The molecular weight excluding hydrogens is 363 g/mol. The summed E-state index contributed by atoms with van der Waals surface area (Å²) in [6.07, 6.45) is 0.687. The lowest BCUT2D eigenvalue weighted by molar-refractivity contribution is -0.145. The molecule has 7 heteroatoms. The van der Waals surface area contributed by atoms with E-state index in [1.165, 1.54) is 18.2 Å². The average Bonchev–Trinajstić information content (AvgIpc) is 2.71. The number of esters is 1. The summed E-state index contributed by atoms with van der Waals surface area (Å²) < 4.78 is 24.6. The standard InChI is InChI=1S/C21H23FN2O4/c1-2-27-20(26)13-28-18-8-7-15(22)11-17(18)21-16-6-4-3-5-14(16)9-10-24(21)19(25)12-23/h3-8,11,21H,2,9-10,12-13,23H2,1H3. The van der Waals surface area contributed by atoms with Gasteiger partial charge in [-0.1, -0.05) is 24.3 Å². The Kier molecular flexibility index (Phi) is 6.26. The van der Waals surface area contributed by atoms with Crippen LogP contribution in [-0.2, 0) is 20.7 Å². The molecule has 1 aliphatic rings. The van der Waals surface area contributed by atoms with E-state index < -0.39 is 17.8 Å². The molecule has 0 bridgehead atoms. The lowest BCUT2D eigenvalue weighted by Gasteiger charge is -2.38. The molecule has 1 unspecified atom stereocenters. The largest absolute Gasteiger partial charge is 0.482 e. The van der Waals surface area contributed by atoms with Crippen LogP contribution in [0.4, 0.5) is 4.39 Å². The van der Waals surface area contributed by atoms with Gasteiger partial charge >= 0.3 is 5.97 Å². The van der Waals surface area contributed by atoms with E-state index in [1.54, 1.807) is 11.8 Å². The van der Waals surface area contributed by atoms with E-state index in [2.05, 4.69) is 0 Å². The van der Waals surface area contributed by atoms with Crippen LogP contribution in [0, 0.1) is 5.82 Å². The van der Waals surface area contributed by atoms with Gasteiger partial charge in [0.2, 0.25) is 5.91 Å². The summed E-state index contributed by atoms with van der Waals surface area (Å²) in [4.78, 5) is 25.8. The maximum Gasteiger partial charge on any atom is 0.344 e. The van der Waals surface area contributed by atoms with Crippen molar-refractivity contribution in [1.29, 1.82) is 0 Å². The summed E-state index contributed by atoms with van der Waals surface area (Å²) in [5, 5.41) is 0. The molecule has 0 spiro atoms. The molecule has 0 radical (unpaired) electrons. The minimum atomic E-state index is -0.547. The first-order valence-corrected chi connectivity index (χ1v) is 9.20. The summed E-state index contributed by atoms with van der Waals surface area (Å²) in [5.41, 5.74) is 8.04. The summed E-state index contributed by atoms with van der Waals surface area (Å²) in [6.45, 7) is 1.97. The lowest BCUT2D eigenvalue weighted by Crippen LogP contribution is -2.43. The average molecular weight is 386 g/mol. The summed E-state index contributed by atoms with van der Waals surface area (Å²) in [6, 6.07) is 11.2. The maximum atomic E-state index is 14.1. The number of hydrogen-bond donors (Lipinski definition) is 1. The normalized spacial score (nSPS) is 15.7. The van der Waals surface area contributed by atoms with Crippen LogP contribution >= 0.6 is 0 Å². The van der Waals surface area contributed by atoms with Gasteiger partial charge in [-0.25, -0.2) is 9.18 Å². The lowest BCUT2D eigenvalue weighted by atomic mass is 9.87. The van der Waals surface area contributed by atoms with Crippen LogP contribution in [0.2, 0.25) is 0 Å². The summed E-state index contributed by atoms with van der Waals surface area (Å²) in [7, 11) is 0. The molecule has 3 rings (SSSR count). The maximum absolute atomic E-state index is 14.1. The number of ether oxygens (including phenoxy) is 2. The molecule has 0 aliphatic carbocycles. The minimum absolute atomic E-state index is 0.146. The van der Waals surface area contributed by atoms with Gasteiger partial charge in [-0.3, -0.25) is 4.79 Å². The molecule has 0 saturated heterocycles. The van der Waals surface area contributed by atoms with Gasteiger partial charge in [0.05, 0.1) is 19.2 Å². The predicted molar refractivity (Wildman–Crippen MR) is 101 cm³/mol. The van der Waals surface area contributed by atoms with E-state index in [0.29, 0.717) is 24.3 Å². The molecule has 0 saturated carbocycles. The molecular formula is C21H23FN2O4. The van der Waals surface area contributed by atoms with Crippen molar-refractivity contribution in [2.24, 2.45) is 5.73 Å². The highest BCUT2D eigenvalue weighted by Gasteiger charge is 2.33. The highest BCUT2D eigenvalue weighted by Crippen LogP contribution is 2.39. The Balaban J connectivity index is 2.04. The number of hydrogen-bond acceptors (Lipinski definition) is 5. The van der Waals surface area contributed by atoms with Gasteiger partial charge in [0.1, 0.15) is 11.6 Å². The van der Waals surface area contributed by atoms with Gasteiger partial charge in [0, 0.05) is 12.1 Å². The third-order valence-corrected chi connectivity index (χ3v) is 4.70. The Morgan fingerprint density at radius 2 is 2.00 bits per heavy atom. The number of amides is 1. The third kappa shape index (κ3) is 4.14. The van der Waals surface area contributed by atoms with Gasteiger partial charge in [-0.15, -0.1) is 0 Å². The molecule has 2 aromatic carbocycles. The number of nitrogens with two attached hydrogens (primary N) is 1. The fraction of sp³-hybridized carbons (Fsp3) is 0.333. The second-order valence-corrected chi connectivity index (χ2v) is 6.42. The molecule has 1 aliphatic heterocycles. The first kappa shape index (κ1) is 19.8. The molecule has 2 N–H and O–H groups in total. The number of carbonyl (C=O) groups is 2. The molecule has 1 amide bonds. The Labute approximate surface area is 163 Å². The number of benzene rings is 2. The van der Waals surface area contributed by atoms with Crippen molar-refractivity contribution in [2.75, 3.05) is 26.3 Å². The van der Waals surface area contributed by atoms with E-state index in [1.807, 2.05) is 24.3 Å². The SMILES string of the molecule is CCOC(=O)COc1ccc(F)cc1C1c2ccccc2CCN1C(=O)CN. The summed E-state index contributed by atoms with van der Waals surface area (Å²) >= 11 is 0. The molecule has 0 fully saturated rings. The van der Waals surface area contributed by atoms with E-state index in [4.69, 9.17) is 15.2 Å². The van der Waals surface area contributed by atoms with Crippen molar-refractivity contribution >= 4 is 11.9 Å². The fourth-order valence-corrected chi connectivity index (χ4v) is 3.49. The molecule has 2 aromatic rings. The van der Waals surface area contributed by atoms with Crippen LogP contribution in [-0.4, -0.2) is 43.1 Å². The topological polar surface area (TPSA) is 81.9 Å². The molecule has 28 heavy (non-hydrogen) atoms. The quantitative estimate of drug-likeness (QED) is 0.770. The molecule has 1 heterocycles. The third-order valence-electron chi connectivity index (χ3n) is 4.70. The first-order chi connectivity index (χ1) is 13.5. The van der Waals surface area contributed by atoms with Gasteiger partial charge in [0.15, 0.2) is 6.61 Å². The van der Waals surface area contributed by atoms with E-state index in [0.717, 1.165) is 11.1 Å². The zero-order valence-corrected chi connectivity index (χ0v) is 15.7. The van der Waals surface area contributed by atoms with Crippen molar-refractivity contribution in [2.45, 2.75) is 19.4 Å². The van der Waals surface area contributed by atoms with Crippen molar-refractivity contribution in [3.8, 4) is 5.75 Å². The van der Waals surface area contributed by atoms with Crippen LogP contribution in [0.25, 0.3) is 0 Å². The Morgan fingerprint density at radius 3 is 2.75 bits per heavy atom. The van der Waals surface area contributed by atoms with Crippen molar-refractivity contribution < 1.29 is 23.5 Å². The Bertz CT molecular complexity index is 871. The first-order valence-electron chi connectivity index (χ1n) is 9.20. The highest BCUT2D eigenvalue weighted by molar-refractivity contribution is 5.79. The van der Waals surface area contributed by atoms with Crippen molar-refractivity contribution in [3.05, 3.63) is 65.0 Å². The molecule has 148 valence electrons. The van der Waals surface area contributed by atoms with Crippen LogP contribution in [0.5, 0.6) is 5.75 Å². The molecule has 6 nitrogen and oxygen atoms in total. The second-order valence-electron chi connectivity index (χ2n) is 6.42. The van der Waals surface area contributed by atoms with Crippen LogP contribution in [0.15, 0.2) is 42.5 Å². The van der Waals surface area contributed by atoms with E-state index in [-0.39, 0.29) is 25.7 Å². The van der Waals surface area contributed by atoms with E-state index in [9.17, 15) is 14.0 Å². The van der Waals surface area contributed by atoms with Gasteiger partial charge in [-0.05, 0) is 42.7 Å². The van der Waals surface area contributed by atoms with Gasteiger partial charge in [0.25, 0.3) is 0 Å². The summed E-state index contributed by atoms with van der Waals surface area (Å²) in [5.74, 6) is -0.885. The predicted octanol–water partition coefficient (Wildman–Crippen LogP) is 2.20. The van der Waals surface area contributed by atoms with Crippen molar-refractivity contribution in [3.63, 3.8) is 0 Å². The van der Waals surface area contributed by atoms with E-state index >= 15 is 0 Å². The molecule has 1 atom stereocenters. The van der Waals surface area contributed by atoms with Crippen LogP contribution < -0.4 is 10.5 Å². The van der Waals surface area contributed by atoms with Crippen molar-refractivity contribution in [1.82, 2.24) is 4.90 Å². The zero-order chi connectivity index (χ0) is 20.1. The molecule has 0 aromatic heterocycles. The number of carbonyl (C=O) groups excluding carboxylic acids is 2. The number of rotatable bonds is 6. The monoisotopic (exact) mass is 386 g/mol. The zero-order valence-electron chi connectivity index (χ0n) is 15.7. The van der Waals surface area contributed by atoms with Crippen LogP contribution in [0.3, 0.4) is 0 Å². The minimum Gasteiger partial charge on any atom is -0.482 e. The number of halogens is 1. The van der Waals surface area contributed by atoms with Crippen LogP contribution in [0.1, 0.15) is 29.7 Å². The smallest absolute Gasteiger partial charge is 0.344 e.